The van der Waals surface area contributed by atoms with Crippen molar-refractivity contribution in [3.63, 3.8) is 0 Å². The summed E-state index contributed by atoms with van der Waals surface area (Å²) in [4.78, 5) is 0. The van der Waals surface area contributed by atoms with E-state index in [0.717, 1.165) is 12.1 Å². The van der Waals surface area contributed by atoms with Gasteiger partial charge in [0.15, 0.2) is 0 Å². The molecule has 17 heavy (non-hydrogen) atoms. The Labute approximate surface area is 101 Å². The first-order chi connectivity index (χ1) is 7.36. The summed E-state index contributed by atoms with van der Waals surface area (Å²) in [6.45, 7) is 0. The third-order valence-electron chi connectivity index (χ3n) is 2.04. The standard InChI is InChI=1S/C10H8F4N2.ClH/c11-8-5-6(10(12,13)14)1-2-7(8)9(16)3-4-15;/h1-2,5,9H,3,16H2;1H/t9-;/m1./s1. The Kier molecular flexibility index (Phi) is 5.39. The minimum absolute atomic E-state index is 0. The van der Waals surface area contributed by atoms with Crippen molar-refractivity contribution < 1.29 is 17.6 Å². The van der Waals surface area contributed by atoms with E-state index >= 15 is 0 Å². The van der Waals surface area contributed by atoms with Crippen LogP contribution in [0.25, 0.3) is 0 Å². The van der Waals surface area contributed by atoms with Crippen LogP contribution in [0.4, 0.5) is 17.6 Å². The summed E-state index contributed by atoms with van der Waals surface area (Å²) in [5.41, 5.74) is 4.26. The van der Waals surface area contributed by atoms with Crippen molar-refractivity contribution in [3.05, 3.63) is 35.1 Å². The average molecular weight is 269 g/mol. The van der Waals surface area contributed by atoms with Gasteiger partial charge < -0.3 is 5.73 Å². The highest BCUT2D eigenvalue weighted by Gasteiger charge is 2.31. The normalized spacial score (nSPS) is 12.5. The minimum Gasteiger partial charge on any atom is -0.323 e. The van der Waals surface area contributed by atoms with E-state index in [1.165, 1.54) is 0 Å². The molecule has 0 aliphatic rings. The molecule has 1 rings (SSSR count). The summed E-state index contributed by atoms with van der Waals surface area (Å²) in [6, 6.07) is 2.90. The van der Waals surface area contributed by atoms with E-state index < -0.39 is 23.6 Å². The molecule has 0 unspecified atom stereocenters. The van der Waals surface area contributed by atoms with Crippen LogP contribution >= 0.6 is 12.4 Å². The predicted molar refractivity (Wildman–Crippen MR) is 55.8 cm³/mol. The molecule has 0 aliphatic heterocycles. The number of hydrogen-bond donors (Lipinski definition) is 1. The lowest BCUT2D eigenvalue weighted by molar-refractivity contribution is -0.137. The number of alkyl halides is 3. The first kappa shape index (κ1) is 15.7. The summed E-state index contributed by atoms with van der Waals surface area (Å²) in [5.74, 6) is -1.04. The monoisotopic (exact) mass is 268 g/mol. The molecule has 0 heterocycles. The Morgan fingerprint density at radius 3 is 2.35 bits per heavy atom. The van der Waals surface area contributed by atoms with Crippen LogP contribution < -0.4 is 5.73 Å². The molecule has 1 aromatic carbocycles. The summed E-state index contributed by atoms with van der Waals surface area (Å²) in [6.07, 6.45) is -4.74. The van der Waals surface area contributed by atoms with Crippen LogP contribution in [0, 0.1) is 17.1 Å². The second-order valence-corrected chi connectivity index (χ2v) is 3.20. The van der Waals surface area contributed by atoms with E-state index in [1.54, 1.807) is 6.07 Å². The quantitative estimate of drug-likeness (QED) is 0.838. The van der Waals surface area contributed by atoms with Crippen LogP contribution in [-0.2, 0) is 6.18 Å². The summed E-state index contributed by atoms with van der Waals surface area (Å²) in [5, 5.41) is 8.34. The van der Waals surface area contributed by atoms with Crippen molar-refractivity contribution in [2.24, 2.45) is 5.73 Å². The van der Waals surface area contributed by atoms with Crippen molar-refractivity contribution in [1.29, 1.82) is 5.26 Å². The van der Waals surface area contributed by atoms with Gasteiger partial charge >= 0.3 is 6.18 Å². The van der Waals surface area contributed by atoms with Gasteiger partial charge in [0.05, 0.1) is 18.1 Å². The Morgan fingerprint density at radius 2 is 1.94 bits per heavy atom. The van der Waals surface area contributed by atoms with Gasteiger partial charge in [0.1, 0.15) is 5.82 Å². The van der Waals surface area contributed by atoms with E-state index in [9.17, 15) is 17.6 Å². The molecular formula is C10H9ClF4N2. The maximum atomic E-state index is 13.3. The Balaban J connectivity index is 0.00000256. The highest BCUT2D eigenvalue weighted by atomic mass is 35.5. The topological polar surface area (TPSA) is 49.8 Å². The maximum absolute atomic E-state index is 13.3. The average Bonchev–Trinajstić information content (AvgIpc) is 2.16. The molecule has 0 radical (unpaired) electrons. The zero-order chi connectivity index (χ0) is 12.3. The molecule has 1 aromatic rings. The fraction of sp³-hybridized carbons (Fsp3) is 0.300. The third kappa shape index (κ3) is 3.88. The second kappa shape index (κ2) is 5.84. The number of nitriles is 1. The van der Waals surface area contributed by atoms with Gasteiger partial charge in [-0.15, -0.1) is 12.4 Å². The van der Waals surface area contributed by atoms with Gasteiger partial charge in [-0.25, -0.2) is 4.39 Å². The lowest BCUT2D eigenvalue weighted by atomic mass is 10.0. The largest absolute Gasteiger partial charge is 0.416 e. The Hall–Kier alpha value is -1.32. The first-order valence-corrected chi connectivity index (χ1v) is 4.35. The van der Waals surface area contributed by atoms with Crippen LogP contribution in [0.15, 0.2) is 18.2 Å². The molecule has 0 aliphatic carbocycles. The fourth-order valence-electron chi connectivity index (χ4n) is 1.21. The van der Waals surface area contributed by atoms with Crippen LogP contribution in [-0.4, -0.2) is 0 Å². The molecule has 7 heteroatoms. The van der Waals surface area contributed by atoms with E-state index in [1.807, 2.05) is 0 Å². The predicted octanol–water partition coefficient (Wildman–Crippen LogP) is 3.18. The summed E-state index contributed by atoms with van der Waals surface area (Å²) >= 11 is 0. The molecule has 1 atom stereocenters. The molecule has 0 saturated heterocycles. The number of halogens is 5. The molecule has 0 bridgehead atoms. The second-order valence-electron chi connectivity index (χ2n) is 3.20. The van der Waals surface area contributed by atoms with E-state index in [2.05, 4.69) is 0 Å². The van der Waals surface area contributed by atoms with Gasteiger partial charge in [-0.05, 0) is 12.1 Å². The van der Waals surface area contributed by atoms with Gasteiger partial charge in [0.2, 0.25) is 0 Å². The highest BCUT2D eigenvalue weighted by molar-refractivity contribution is 5.85. The first-order valence-electron chi connectivity index (χ1n) is 4.35. The molecule has 0 fully saturated rings. The summed E-state index contributed by atoms with van der Waals surface area (Å²) in [7, 11) is 0. The lowest BCUT2D eigenvalue weighted by Crippen LogP contribution is -2.13. The van der Waals surface area contributed by atoms with E-state index in [0.29, 0.717) is 6.07 Å². The molecule has 0 spiro atoms. The molecule has 2 N–H and O–H groups in total. The third-order valence-corrected chi connectivity index (χ3v) is 2.04. The Bertz CT molecular complexity index is 425. The van der Waals surface area contributed by atoms with Gasteiger partial charge in [-0.2, -0.15) is 18.4 Å². The molecular weight excluding hydrogens is 260 g/mol. The number of nitrogens with two attached hydrogens (primary N) is 1. The van der Waals surface area contributed by atoms with Crippen molar-refractivity contribution in [1.82, 2.24) is 0 Å². The van der Waals surface area contributed by atoms with Crippen LogP contribution in [0.3, 0.4) is 0 Å². The Morgan fingerprint density at radius 1 is 1.35 bits per heavy atom. The SMILES string of the molecule is Cl.N#CC[C@@H](N)c1ccc(C(F)(F)F)cc1F. The highest BCUT2D eigenvalue weighted by Crippen LogP contribution is 2.31. The van der Waals surface area contributed by atoms with Gasteiger partial charge in [0.25, 0.3) is 0 Å². The van der Waals surface area contributed by atoms with Crippen LogP contribution in [0.2, 0.25) is 0 Å². The lowest BCUT2D eigenvalue weighted by Gasteiger charge is -2.12. The van der Waals surface area contributed by atoms with Gasteiger partial charge in [0, 0.05) is 11.6 Å². The van der Waals surface area contributed by atoms with Gasteiger partial charge in [-0.1, -0.05) is 6.07 Å². The van der Waals surface area contributed by atoms with Crippen molar-refractivity contribution in [2.45, 2.75) is 18.6 Å². The molecule has 94 valence electrons. The molecule has 2 nitrogen and oxygen atoms in total. The maximum Gasteiger partial charge on any atom is 0.416 e. The van der Waals surface area contributed by atoms with Gasteiger partial charge in [-0.3, -0.25) is 0 Å². The minimum atomic E-state index is -4.58. The van der Waals surface area contributed by atoms with E-state index in [4.69, 9.17) is 11.0 Å². The number of nitrogens with zero attached hydrogens (tertiary/aromatic N) is 1. The molecule has 0 saturated carbocycles. The number of hydrogen-bond acceptors (Lipinski definition) is 2. The van der Waals surface area contributed by atoms with Crippen molar-refractivity contribution >= 4 is 12.4 Å². The molecule has 0 aromatic heterocycles. The van der Waals surface area contributed by atoms with Crippen molar-refractivity contribution in [2.75, 3.05) is 0 Å². The van der Waals surface area contributed by atoms with E-state index in [-0.39, 0.29) is 24.4 Å². The number of rotatable bonds is 2. The smallest absolute Gasteiger partial charge is 0.323 e. The number of benzene rings is 1. The fourth-order valence-corrected chi connectivity index (χ4v) is 1.21. The zero-order valence-electron chi connectivity index (χ0n) is 8.46. The zero-order valence-corrected chi connectivity index (χ0v) is 9.28. The summed E-state index contributed by atoms with van der Waals surface area (Å²) < 4.78 is 49.9. The van der Waals surface area contributed by atoms with Crippen LogP contribution in [0.1, 0.15) is 23.6 Å². The van der Waals surface area contributed by atoms with Crippen molar-refractivity contribution in [3.8, 4) is 6.07 Å². The van der Waals surface area contributed by atoms with Crippen LogP contribution in [0.5, 0.6) is 0 Å². The molecule has 0 amide bonds.